The molecule has 1 aliphatic heterocycles. The summed E-state index contributed by atoms with van der Waals surface area (Å²) in [4.78, 5) is 17.4. The number of hydrogen-bond donors (Lipinski definition) is 1. The van der Waals surface area contributed by atoms with Crippen LogP contribution in [0.1, 0.15) is 24.3 Å². The van der Waals surface area contributed by atoms with Gasteiger partial charge in [-0.1, -0.05) is 16.5 Å². The molecule has 0 bridgehead atoms. The van der Waals surface area contributed by atoms with Crippen molar-refractivity contribution in [3.05, 3.63) is 29.7 Å². The number of thiazole rings is 1. The van der Waals surface area contributed by atoms with Gasteiger partial charge in [0.15, 0.2) is 10.9 Å². The highest BCUT2D eigenvalue weighted by atomic mass is 32.2. The van der Waals surface area contributed by atoms with Gasteiger partial charge in [0, 0.05) is 13.1 Å². The van der Waals surface area contributed by atoms with Gasteiger partial charge in [0.05, 0.1) is 23.2 Å². The summed E-state index contributed by atoms with van der Waals surface area (Å²) in [7, 11) is -2.18. The quantitative estimate of drug-likeness (QED) is 0.635. The van der Waals surface area contributed by atoms with Gasteiger partial charge in [-0.25, -0.2) is 13.4 Å². The zero-order valence-electron chi connectivity index (χ0n) is 16.8. The lowest BCUT2D eigenvalue weighted by Crippen LogP contribution is -2.43. The Morgan fingerprint density at radius 2 is 2.17 bits per heavy atom. The van der Waals surface area contributed by atoms with Crippen molar-refractivity contribution in [2.45, 2.75) is 31.6 Å². The van der Waals surface area contributed by atoms with E-state index in [2.05, 4.69) is 15.5 Å². The van der Waals surface area contributed by atoms with Crippen molar-refractivity contribution in [2.75, 3.05) is 25.5 Å². The summed E-state index contributed by atoms with van der Waals surface area (Å²) in [5, 5.41) is 7.07. The highest BCUT2D eigenvalue weighted by Crippen LogP contribution is 2.31. The normalized spacial score (nSPS) is 17.9. The minimum atomic E-state index is -3.78. The van der Waals surface area contributed by atoms with Crippen LogP contribution in [0.2, 0.25) is 0 Å². The maximum absolute atomic E-state index is 13.1. The molecule has 1 aliphatic rings. The van der Waals surface area contributed by atoms with Gasteiger partial charge in [-0.15, -0.1) is 0 Å². The number of carbonyl (C=O) groups is 1. The Labute approximate surface area is 178 Å². The van der Waals surface area contributed by atoms with Crippen molar-refractivity contribution < 1.29 is 22.5 Å². The van der Waals surface area contributed by atoms with Crippen LogP contribution in [0, 0.1) is 19.8 Å². The number of piperidine rings is 1. The van der Waals surface area contributed by atoms with Crippen molar-refractivity contribution in [1.82, 2.24) is 14.4 Å². The number of fused-ring (bicyclic) bond motifs is 1. The monoisotopic (exact) mass is 450 g/mol. The first-order chi connectivity index (χ1) is 14.3. The molecule has 0 aliphatic carbocycles. The fourth-order valence-electron chi connectivity index (χ4n) is 3.64. The fraction of sp³-hybridized carbons (Fsp3) is 0.421. The van der Waals surface area contributed by atoms with Crippen LogP contribution in [0.15, 0.2) is 27.6 Å². The standard InChI is InChI=1S/C19H22N4O5S2/c1-11-17(12(2)28-22-11)30(25,26)23-8-4-5-13(10-23)18(24)21-19-20-15-7-6-14(27-3)9-16(15)29-19/h6-7,9,13H,4-5,8,10H2,1-3H3,(H,20,21,24)/t13-/m1/s1. The number of rotatable bonds is 5. The van der Waals surface area contributed by atoms with E-state index in [0.717, 1.165) is 16.0 Å². The molecule has 1 N–H and O–H groups in total. The first kappa shape index (κ1) is 20.8. The van der Waals surface area contributed by atoms with Gasteiger partial charge in [0.1, 0.15) is 16.3 Å². The van der Waals surface area contributed by atoms with Gasteiger partial charge in [0.25, 0.3) is 0 Å². The lowest BCUT2D eigenvalue weighted by molar-refractivity contribution is -0.120. The van der Waals surface area contributed by atoms with E-state index in [0.29, 0.717) is 30.2 Å². The van der Waals surface area contributed by atoms with Crippen LogP contribution in [0.3, 0.4) is 0 Å². The molecule has 30 heavy (non-hydrogen) atoms. The molecule has 0 radical (unpaired) electrons. The Kier molecular flexibility index (Phi) is 5.51. The van der Waals surface area contributed by atoms with Crippen LogP contribution < -0.4 is 10.1 Å². The number of methoxy groups -OCH3 is 1. The Balaban J connectivity index is 1.50. The average molecular weight is 451 g/mol. The number of aromatic nitrogens is 2. The summed E-state index contributed by atoms with van der Waals surface area (Å²) in [5.74, 6) is 0.274. The predicted molar refractivity (Wildman–Crippen MR) is 112 cm³/mol. The topological polar surface area (TPSA) is 115 Å². The minimum absolute atomic E-state index is 0.0867. The summed E-state index contributed by atoms with van der Waals surface area (Å²) in [6.45, 7) is 3.64. The second-order valence-electron chi connectivity index (χ2n) is 7.20. The molecule has 2 aromatic heterocycles. The zero-order valence-corrected chi connectivity index (χ0v) is 18.5. The van der Waals surface area contributed by atoms with Crippen molar-refractivity contribution in [1.29, 1.82) is 0 Å². The van der Waals surface area contributed by atoms with Crippen LogP contribution in [0.25, 0.3) is 10.2 Å². The average Bonchev–Trinajstić information content (AvgIpc) is 3.29. The third-order valence-corrected chi connectivity index (χ3v) is 8.19. The summed E-state index contributed by atoms with van der Waals surface area (Å²) >= 11 is 1.35. The number of hydrogen-bond acceptors (Lipinski definition) is 8. The number of ether oxygens (including phenoxy) is 1. The molecule has 0 unspecified atom stereocenters. The molecule has 4 rings (SSSR count). The van der Waals surface area contributed by atoms with Gasteiger partial charge in [0.2, 0.25) is 15.9 Å². The lowest BCUT2D eigenvalue weighted by Gasteiger charge is -2.30. The molecule has 160 valence electrons. The Bertz CT molecular complexity index is 1180. The summed E-state index contributed by atoms with van der Waals surface area (Å²) < 4.78 is 38.6. The van der Waals surface area contributed by atoms with E-state index in [1.165, 1.54) is 15.6 Å². The molecule has 1 fully saturated rings. The van der Waals surface area contributed by atoms with Gasteiger partial charge in [-0.05, 0) is 44.9 Å². The lowest BCUT2D eigenvalue weighted by atomic mass is 9.99. The SMILES string of the molecule is COc1ccc2nc(NC(=O)[C@@H]3CCCN(S(=O)(=O)c4c(C)noc4C)C3)sc2c1. The summed E-state index contributed by atoms with van der Waals surface area (Å²) in [6.07, 6.45) is 1.20. The van der Waals surface area contributed by atoms with Crippen LogP contribution in [-0.4, -0.2) is 49.0 Å². The second-order valence-corrected chi connectivity index (χ2v) is 10.1. The highest BCUT2D eigenvalue weighted by molar-refractivity contribution is 7.89. The van der Waals surface area contributed by atoms with Crippen LogP contribution in [-0.2, 0) is 14.8 Å². The number of nitrogens with one attached hydrogen (secondary N) is 1. The third-order valence-electron chi connectivity index (χ3n) is 5.15. The molecule has 0 spiro atoms. The molecule has 3 heterocycles. The summed E-state index contributed by atoms with van der Waals surface area (Å²) in [6, 6.07) is 5.51. The maximum atomic E-state index is 13.1. The number of anilines is 1. The molecule has 1 amide bonds. The van der Waals surface area contributed by atoms with E-state index in [1.54, 1.807) is 21.0 Å². The summed E-state index contributed by atoms with van der Waals surface area (Å²) in [5.41, 5.74) is 1.09. The van der Waals surface area contributed by atoms with Gasteiger partial charge < -0.3 is 14.6 Å². The largest absolute Gasteiger partial charge is 0.497 e. The third kappa shape index (κ3) is 3.80. The molecular formula is C19H22N4O5S2. The molecule has 3 aromatic rings. The first-order valence-electron chi connectivity index (χ1n) is 9.48. The molecule has 0 saturated carbocycles. The van der Waals surface area contributed by atoms with Gasteiger partial charge >= 0.3 is 0 Å². The number of nitrogens with zero attached hydrogens (tertiary/aromatic N) is 3. The van der Waals surface area contributed by atoms with Crippen molar-refractivity contribution in [2.24, 2.45) is 5.92 Å². The molecular weight excluding hydrogens is 428 g/mol. The number of sulfonamides is 1. The van der Waals surface area contributed by atoms with E-state index >= 15 is 0 Å². The molecule has 11 heteroatoms. The predicted octanol–water partition coefficient (Wildman–Crippen LogP) is 2.95. The van der Waals surface area contributed by atoms with E-state index in [9.17, 15) is 13.2 Å². The van der Waals surface area contributed by atoms with Crippen LogP contribution in [0.4, 0.5) is 5.13 Å². The molecule has 1 atom stereocenters. The maximum Gasteiger partial charge on any atom is 0.248 e. The van der Waals surface area contributed by atoms with Crippen LogP contribution >= 0.6 is 11.3 Å². The van der Waals surface area contributed by atoms with Crippen molar-refractivity contribution >= 4 is 42.6 Å². The van der Waals surface area contributed by atoms with Crippen molar-refractivity contribution in [3.63, 3.8) is 0 Å². The Hall–Kier alpha value is -2.50. The van der Waals surface area contributed by atoms with E-state index in [-0.39, 0.29) is 23.1 Å². The van der Waals surface area contributed by atoms with E-state index < -0.39 is 15.9 Å². The first-order valence-corrected chi connectivity index (χ1v) is 11.7. The molecule has 1 aromatic carbocycles. The van der Waals surface area contributed by atoms with Gasteiger partial charge in [-0.3, -0.25) is 4.79 Å². The highest BCUT2D eigenvalue weighted by Gasteiger charge is 2.36. The number of carbonyl (C=O) groups excluding carboxylic acids is 1. The van der Waals surface area contributed by atoms with E-state index in [4.69, 9.17) is 9.26 Å². The number of benzene rings is 1. The Morgan fingerprint density at radius 3 is 2.87 bits per heavy atom. The smallest absolute Gasteiger partial charge is 0.248 e. The number of amides is 1. The molecule has 1 saturated heterocycles. The minimum Gasteiger partial charge on any atom is -0.497 e. The zero-order chi connectivity index (χ0) is 21.5. The Morgan fingerprint density at radius 1 is 1.37 bits per heavy atom. The van der Waals surface area contributed by atoms with E-state index in [1.807, 2.05) is 18.2 Å². The number of aryl methyl sites for hydroxylation is 2. The second kappa shape index (κ2) is 7.97. The van der Waals surface area contributed by atoms with Crippen molar-refractivity contribution in [3.8, 4) is 5.75 Å². The van der Waals surface area contributed by atoms with Crippen LogP contribution in [0.5, 0.6) is 5.75 Å². The molecule has 9 nitrogen and oxygen atoms in total. The fourth-order valence-corrected chi connectivity index (χ4v) is 6.35. The van der Waals surface area contributed by atoms with Gasteiger partial charge in [-0.2, -0.15) is 4.31 Å².